The second-order valence-electron chi connectivity index (χ2n) is 11.0. The van der Waals surface area contributed by atoms with Crippen molar-refractivity contribution >= 4 is 17.4 Å². The van der Waals surface area contributed by atoms with Crippen molar-refractivity contribution in [2.45, 2.75) is 59.0 Å². The number of Topliss-reactive ketones (excluding diaryl/α,β-unsaturated/α-hetero) is 1. The van der Waals surface area contributed by atoms with Crippen LogP contribution < -0.4 is 9.47 Å². The van der Waals surface area contributed by atoms with E-state index in [2.05, 4.69) is 20.8 Å². The molecule has 0 radical (unpaired) electrons. The van der Waals surface area contributed by atoms with Crippen molar-refractivity contribution in [1.82, 2.24) is 4.90 Å². The summed E-state index contributed by atoms with van der Waals surface area (Å²) in [6.45, 7) is 11.1. The van der Waals surface area contributed by atoms with Crippen molar-refractivity contribution in [3.8, 4) is 11.5 Å². The summed E-state index contributed by atoms with van der Waals surface area (Å²) in [5.74, 6) is -0.105. The van der Waals surface area contributed by atoms with E-state index in [9.17, 15) is 14.7 Å². The van der Waals surface area contributed by atoms with Crippen LogP contribution in [0.1, 0.15) is 68.0 Å². The Morgan fingerprint density at radius 1 is 0.974 bits per heavy atom. The molecule has 6 heteroatoms. The maximum atomic E-state index is 13.5. The van der Waals surface area contributed by atoms with Crippen molar-refractivity contribution < 1.29 is 24.2 Å². The van der Waals surface area contributed by atoms with Crippen LogP contribution >= 0.6 is 0 Å². The summed E-state index contributed by atoms with van der Waals surface area (Å²) in [7, 11) is 1.60. The Kier molecular flexibility index (Phi) is 8.14. The molecule has 1 amide bonds. The molecule has 0 aromatic heterocycles. The highest BCUT2D eigenvalue weighted by molar-refractivity contribution is 6.46. The van der Waals surface area contributed by atoms with E-state index in [0.717, 1.165) is 34.4 Å². The number of amides is 1. The van der Waals surface area contributed by atoms with Gasteiger partial charge in [0.25, 0.3) is 11.7 Å². The second-order valence-corrected chi connectivity index (χ2v) is 11.0. The van der Waals surface area contributed by atoms with Crippen LogP contribution in [0.5, 0.6) is 11.5 Å². The largest absolute Gasteiger partial charge is 0.507 e. The number of hydrogen-bond donors (Lipinski definition) is 1. The first kappa shape index (κ1) is 28.0. The zero-order valence-electron chi connectivity index (χ0n) is 23.6. The summed E-state index contributed by atoms with van der Waals surface area (Å²) in [6.07, 6.45) is 0.882. The topological polar surface area (TPSA) is 76.1 Å². The number of carbonyl (C=O) groups is 2. The molecular formula is C33H37NO5. The molecule has 0 bridgehead atoms. The van der Waals surface area contributed by atoms with Crippen LogP contribution in [-0.2, 0) is 21.5 Å². The van der Waals surface area contributed by atoms with E-state index in [-0.39, 0.29) is 23.3 Å². The van der Waals surface area contributed by atoms with E-state index in [0.29, 0.717) is 17.9 Å². The van der Waals surface area contributed by atoms with Crippen molar-refractivity contribution in [1.29, 1.82) is 0 Å². The Labute approximate surface area is 230 Å². The Hall–Kier alpha value is -4.06. The molecule has 1 atom stereocenters. The molecule has 0 aliphatic carbocycles. The summed E-state index contributed by atoms with van der Waals surface area (Å²) in [4.78, 5) is 28.4. The van der Waals surface area contributed by atoms with E-state index < -0.39 is 17.7 Å². The summed E-state index contributed by atoms with van der Waals surface area (Å²) in [5, 5.41) is 11.5. The summed E-state index contributed by atoms with van der Waals surface area (Å²) >= 11 is 0. The number of ether oxygens (including phenoxy) is 2. The van der Waals surface area contributed by atoms with E-state index in [1.54, 1.807) is 25.3 Å². The lowest BCUT2D eigenvalue weighted by atomic mass is 9.85. The number of benzene rings is 3. The zero-order valence-corrected chi connectivity index (χ0v) is 23.6. The lowest BCUT2D eigenvalue weighted by molar-refractivity contribution is -0.140. The molecule has 1 aliphatic heterocycles. The van der Waals surface area contributed by atoms with E-state index in [1.807, 2.05) is 62.4 Å². The van der Waals surface area contributed by atoms with Gasteiger partial charge < -0.3 is 19.5 Å². The monoisotopic (exact) mass is 527 g/mol. The predicted octanol–water partition coefficient (Wildman–Crippen LogP) is 6.71. The van der Waals surface area contributed by atoms with Gasteiger partial charge in [-0.05, 0) is 71.3 Å². The molecule has 4 rings (SSSR count). The van der Waals surface area contributed by atoms with Crippen molar-refractivity contribution in [2.24, 2.45) is 0 Å². The average Bonchev–Trinajstić information content (AvgIpc) is 3.17. The van der Waals surface area contributed by atoms with E-state index >= 15 is 0 Å². The smallest absolute Gasteiger partial charge is 0.295 e. The van der Waals surface area contributed by atoms with Gasteiger partial charge in [-0.15, -0.1) is 0 Å². The first-order valence-electron chi connectivity index (χ1n) is 13.3. The standard InChI is InChI=1S/C33H37NO5/c1-7-18-39-27-17-12-24(19-21(27)2)30(35)28-29(23-10-13-25(14-11-23)33(3,4)5)34(32(37)31(28)36)20-22-8-15-26(38-6)16-9-22/h8-17,19,29,35H,7,18,20H2,1-6H3/b30-28-. The van der Waals surface area contributed by atoms with Gasteiger partial charge >= 0.3 is 0 Å². The third-order valence-corrected chi connectivity index (χ3v) is 7.05. The van der Waals surface area contributed by atoms with Gasteiger partial charge in [0.05, 0.1) is 25.3 Å². The van der Waals surface area contributed by atoms with E-state index in [1.165, 1.54) is 4.90 Å². The number of ketones is 1. The minimum absolute atomic E-state index is 0.0530. The SMILES string of the molecule is CCCOc1ccc(/C(O)=C2/C(=O)C(=O)N(Cc3ccc(OC)cc3)C2c2ccc(C(C)(C)C)cc2)cc1C. The molecule has 3 aromatic carbocycles. The number of aliphatic hydroxyl groups is 1. The van der Waals surface area contributed by atoms with Crippen molar-refractivity contribution in [3.63, 3.8) is 0 Å². The molecule has 0 spiro atoms. The molecule has 1 unspecified atom stereocenters. The maximum absolute atomic E-state index is 13.5. The maximum Gasteiger partial charge on any atom is 0.295 e. The second kappa shape index (κ2) is 11.4. The van der Waals surface area contributed by atoms with Crippen LogP contribution in [0.4, 0.5) is 0 Å². The quantitative estimate of drug-likeness (QED) is 0.200. The van der Waals surface area contributed by atoms with Gasteiger partial charge in [-0.25, -0.2) is 0 Å². The molecule has 1 aliphatic rings. The third kappa shape index (κ3) is 5.85. The molecule has 204 valence electrons. The molecule has 1 N–H and O–H groups in total. The summed E-state index contributed by atoms with van der Waals surface area (Å²) < 4.78 is 11.0. The van der Waals surface area contributed by atoms with Crippen molar-refractivity contribution in [2.75, 3.05) is 13.7 Å². The van der Waals surface area contributed by atoms with Gasteiger partial charge in [0.1, 0.15) is 17.3 Å². The van der Waals surface area contributed by atoms with Gasteiger partial charge in [-0.2, -0.15) is 0 Å². The Morgan fingerprint density at radius 2 is 1.64 bits per heavy atom. The van der Waals surface area contributed by atoms with Gasteiger partial charge in [0.2, 0.25) is 0 Å². The molecule has 1 fully saturated rings. The van der Waals surface area contributed by atoms with Crippen LogP contribution in [0.25, 0.3) is 5.76 Å². The minimum atomic E-state index is -0.738. The molecule has 1 saturated heterocycles. The zero-order chi connectivity index (χ0) is 28.3. The number of aryl methyl sites for hydroxylation is 1. The van der Waals surface area contributed by atoms with Crippen LogP contribution in [0.3, 0.4) is 0 Å². The molecule has 39 heavy (non-hydrogen) atoms. The fourth-order valence-corrected chi connectivity index (χ4v) is 4.81. The number of rotatable bonds is 8. The highest BCUT2D eigenvalue weighted by atomic mass is 16.5. The molecular weight excluding hydrogens is 490 g/mol. The number of aliphatic hydroxyl groups excluding tert-OH is 1. The molecule has 0 saturated carbocycles. The first-order chi connectivity index (χ1) is 18.5. The van der Waals surface area contributed by atoms with Crippen molar-refractivity contribution in [3.05, 3.63) is 100 Å². The van der Waals surface area contributed by atoms with Gasteiger partial charge in [0, 0.05) is 12.1 Å². The Morgan fingerprint density at radius 3 is 2.21 bits per heavy atom. The molecule has 3 aromatic rings. The van der Waals surface area contributed by atoms with Gasteiger partial charge in [-0.3, -0.25) is 9.59 Å². The van der Waals surface area contributed by atoms with Crippen LogP contribution in [0.15, 0.2) is 72.3 Å². The Balaban J connectivity index is 1.81. The fraction of sp³-hybridized carbons (Fsp3) is 0.333. The number of hydrogen-bond acceptors (Lipinski definition) is 5. The number of methoxy groups -OCH3 is 1. The minimum Gasteiger partial charge on any atom is -0.507 e. The number of likely N-dealkylation sites (tertiary alicyclic amines) is 1. The Bertz CT molecular complexity index is 1380. The summed E-state index contributed by atoms with van der Waals surface area (Å²) in [5.41, 5.74) is 4.08. The lowest BCUT2D eigenvalue weighted by Crippen LogP contribution is -2.29. The van der Waals surface area contributed by atoms with Crippen LogP contribution in [-0.4, -0.2) is 35.4 Å². The highest BCUT2D eigenvalue weighted by Gasteiger charge is 2.46. The first-order valence-corrected chi connectivity index (χ1v) is 13.3. The predicted molar refractivity (Wildman–Crippen MR) is 153 cm³/mol. The summed E-state index contributed by atoms with van der Waals surface area (Å²) in [6, 6.07) is 19.9. The highest BCUT2D eigenvalue weighted by Crippen LogP contribution is 2.41. The third-order valence-electron chi connectivity index (χ3n) is 7.05. The number of carbonyl (C=O) groups excluding carboxylic acids is 2. The lowest BCUT2D eigenvalue weighted by Gasteiger charge is -2.27. The molecule has 6 nitrogen and oxygen atoms in total. The fourth-order valence-electron chi connectivity index (χ4n) is 4.81. The normalized spacial score (nSPS) is 17.0. The van der Waals surface area contributed by atoms with Gasteiger partial charge in [0.15, 0.2) is 0 Å². The molecule has 1 heterocycles. The van der Waals surface area contributed by atoms with E-state index in [4.69, 9.17) is 9.47 Å². The van der Waals surface area contributed by atoms with Crippen LogP contribution in [0, 0.1) is 6.92 Å². The van der Waals surface area contributed by atoms with Gasteiger partial charge in [-0.1, -0.05) is 64.1 Å². The number of nitrogens with zero attached hydrogens (tertiary/aromatic N) is 1. The van der Waals surface area contributed by atoms with Crippen LogP contribution in [0.2, 0.25) is 0 Å². The average molecular weight is 528 g/mol.